The number of H-pyrrole nitrogens is 1. The third-order valence-corrected chi connectivity index (χ3v) is 4.29. The molecule has 1 aliphatic rings. The molecular weight excluding hydrogens is 269 g/mol. The van der Waals surface area contributed by atoms with Crippen molar-refractivity contribution in [3.8, 4) is 0 Å². The molecule has 0 bridgehead atoms. The highest BCUT2D eigenvalue weighted by molar-refractivity contribution is 5.85. The summed E-state index contributed by atoms with van der Waals surface area (Å²) in [6.07, 6.45) is 4.36. The fraction of sp³-hybridized carbons (Fsp3) is 0.471. The van der Waals surface area contributed by atoms with Crippen molar-refractivity contribution in [1.82, 2.24) is 4.98 Å². The molecule has 0 saturated heterocycles. The molecule has 0 saturated carbocycles. The van der Waals surface area contributed by atoms with Crippen molar-refractivity contribution < 1.29 is 13.9 Å². The molecule has 1 atom stereocenters. The number of nitrogens with one attached hydrogen (secondary N) is 1. The third-order valence-electron chi connectivity index (χ3n) is 4.29. The smallest absolute Gasteiger partial charge is 0.305 e. The minimum Gasteiger partial charge on any atom is -0.466 e. The maximum atomic E-state index is 13.4. The van der Waals surface area contributed by atoms with Crippen LogP contribution in [0, 0.1) is 5.82 Å². The third kappa shape index (κ3) is 2.80. The Labute approximate surface area is 123 Å². The van der Waals surface area contributed by atoms with E-state index in [0.29, 0.717) is 18.9 Å². The summed E-state index contributed by atoms with van der Waals surface area (Å²) in [4.78, 5) is 14.8. The van der Waals surface area contributed by atoms with Crippen molar-refractivity contribution in [2.75, 3.05) is 6.61 Å². The maximum Gasteiger partial charge on any atom is 0.305 e. The lowest BCUT2D eigenvalue weighted by atomic mass is 10.00. The average Bonchev–Trinajstić information content (AvgIpc) is 2.99. The molecule has 0 radical (unpaired) electrons. The van der Waals surface area contributed by atoms with Crippen LogP contribution in [0.3, 0.4) is 0 Å². The monoisotopic (exact) mass is 289 g/mol. The molecule has 0 amide bonds. The predicted octanol–water partition coefficient (Wildman–Crippen LogP) is 4.07. The molecule has 1 aromatic heterocycles. The Balaban J connectivity index is 1.69. The van der Waals surface area contributed by atoms with Gasteiger partial charge in [0.2, 0.25) is 0 Å². The van der Waals surface area contributed by atoms with Gasteiger partial charge in [0.25, 0.3) is 0 Å². The van der Waals surface area contributed by atoms with Gasteiger partial charge in [-0.05, 0) is 62.3 Å². The standard InChI is InChI=1S/C17H20FNO2/c1-2-21-16(20)5-3-4-11-6-8-13-14-10-12(18)7-9-15(14)19-17(11)13/h7,9-11,19H,2-6,8H2,1H3. The maximum absolute atomic E-state index is 13.4. The number of aromatic nitrogens is 1. The largest absolute Gasteiger partial charge is 0.466 e. The zero-order valence-electron chi connectivity index (χ0n) is 12.2. The average molecular weight is 289 g/mol. The van der Waals surface area contributed by atoms with Crippen LogP contribution in [0.15, 0.2) is 18.2 Å². The highest BCUT2D eigenvalue weighted by atomic mass is 19.1. The number of halogens is 1. The van der Waals surface area contributed by atoms with Gasteiger partial charge in [-0.1, -0.05) is 0 Å². The van der Waals surface area contributed by atoms with Crippen molar-refractivity contribution in [1.29, 1.82) is 0 Å². The molecule has 1 heterocycles. The molecule has 1 unspecified atom stereocenters. The van der Waals surface area contributed by atoms with Gasteiger partial charge in [-0.2, -0.15) is 0 Å². The van der Waals surface area contributed by atoms with Crippen LogP contribution in [0.1, 0.15) is 49.8 Å². The zero-order valence-corrected chi connectivity index (χ0v) is 12.2. The summed E-state index contributed by atoms with van der Waals surface area (Å²) in [5.41, 5.74) is 3.50. The normalized spacial score (nSPS) is 17.1. The second-order valence-electron chi connectivity index (χ2n) is 5.64. The minimum absolute atomic E-state index is 0.116. The van der Waals surface area contributed by atoms with Crippen LogP contribution in [0.2, 0.25) is 0 Å². The van der Waals surface area contributed by atoms with Crippen LogP contribution in [0.5, 0.6) is 0 Å². The molecule has 3 rings (SSSR count). The van der Waals surface area contributed by atoms with Crippen LogP contribution in [0.25, 0.3) is 10.9 Å². The van der Waals surface area contributed by atoms with E-state index in [1.807, 2.05) is 6.92 Å². The summed E-state index contributed by atoms with van der Waals surface area (Å²) >= 11 is 0. The Morgan fingerprint density at radius 2 is 2.33 bits per heavy atom. The molecule has 2 aromatic rings. The van der Waals surface area contributed by atoms with E-state index < -0.39 is 0 Å². The number of hydrogen-bond acceptors (Lipinski definition) is 2. The first-order valence-corrected chi connectivity index (χ1v) is 7.64. The molecule has 4 heteroatoms. The lowest BCUT2D eigenvalue weighted by Gasteiger charge is -2.09. The molecule has 0 fully saturated rings. The van der Waals surface area contributed by atoms with E-state index in [9.17, 15) is 9.18 Å². The summed E-state index contributed by atoms with van der Waals surface area (Å²) < 4.78 is 18.3. The second kappa shape index (κ2) is 5.88. The van der Waals surface area contributed by atoms with Crippen LogP contribution >= 0.6 is 0 Å². The number of carbonyl (C=O) groups is 1. The van der Waals surface area contributed by atoms with Crippen LogP contribution in [-0.2, 0) is 16.0 Å². The molecule has 3 nitrogen and oxygen atoms in total. The van der Waals surface area contributed by atoms with E-state index in [1.165, 1.54) is 17.3 Å². The number of hydrogen-bond donors (Lipinski definition) is 1. The van der Waals surface area contributed by atoms with Gasteiger partial charge >= 0.3 is 5.97 Å². The molecular formula is C17H20FNO2. The number of esters is 1. The molecule has 1 aromatic carbocycles. The van der Waals surface area contributed by atoms with Crippen LogP contribution < -0.4 is 0 Å². The summed E-state index contributed by atoms with van der Waals surface area (Å²) in [5.74, 6) is 0.148. The van der Waals surface area contributed by atoms with E-state index in [4.69, 9.17) is 4.74 Å². The second-order valence-corrected chi connectivity index (χ2v) is 5.64. The molecule has 1 N–H and O–H groups in total. The van der Waals surface area contributed by atoms with Gasteiger partial charge in [0.05, 0.1) is 6.61 Å². The van der Waals surface area contributed by atoms with Gasteiger partial charge in [0.1, 0.15) is 5.82 Å². The summed E-state index contributed by atoms with van der Waals surface area (Å²) in [7, 11) is 0. The Morgan fingerprint density at radius 1 is 1.48 bits per heavy atom. The van der Waals surface area contributed by atoms with E-state index >= 15 is 0 Å². The van der Waals surface area contributed by atoms with Gasteiger partial charge in [-0.3, -0.25) is 4.79 Å². The van der Waals surface area contributed by atoms with E-state index in [0.717, 1.165) is 36.6 Å². The predicted molar refractivity (Wildman–Crippen MR) is 79.8 cm³/mol. The molecule has 0 spiro atoms. The first kappa shape index (κ1) is 14.1. The first-order valence-electron chi connectivity index (χ1n) is 7.64. The van der Waals surface area contributed by atoms with Crippen molar-refractivity contribution in [2.45, 2.75) is 44.9 Å². The van der Waals surface area contributed by atoms with Gasteiger partial charge in [-0.15, -0.1) is 0 Å². The van der Waals surface area contributed by atoms with E-state index in [1.54, 1.807) is 12.1 Å². The fourth-order valence-corrected chi connectivity index (χ4v) is 3.34. The summed E-state index contributed by atoms with van der Waals surface area (Å²) in [6, 6.07) is 4.91. The number of aryl methyl sites for hydroxylation is 1. The molecule has 21 heavy (non-hydrogen) atoms. The lowest BCUT2D eigenvalue weighted by Crippen LogP contribution is -2.04. The number of aromatic amines is 1. The van der Waals surface area contributed by atoms with Crippen LogP contribution in [-0.4, -0.2) is 17.6 Å². The zero-order chi connectivity index (χ0) is 14.8. The Kier molecular flexibility index (Phi) is 3.95. The summed E-state index contributed by atoms with van der Waals surface area (Å²) in [6.45, 7) is 2.27. The quantitative estimate of drug-likeness (QED) is 0.843. The van der Waals surface area contributed by atoms with Gasteiger partial charge in [0, 0.05) is 23.0 Å². The number of ether oxygens (including phenoxy) is 1. The van der Waals surface area contributed by atoms with E-state index in [2.05, 4.69) is 4.98 Å². The van der Waals surface area contributed by atoms with Gasteiger partial charge in [-0.25, -0.2) is 4.39 Å². The lowest BCUT2D eigenvalue weighted by molar-refractivity contribution is -0.143. The highest BCUT2D eigenvalue weighted by Crippen LogP contribution is 2.40. The summed E-state index contributed by atoms with van der Waals surface area (Å²) in [5, 5.41) is 1.01. The van der Waals surface area contributed by atoms with Gasteiger partial charge < -0.3 is 9.72 Å². The SMILES string of the molecule is CCOC(=O)CCCC1CCc2c1[nH]c1ccc(F)cc21. The number of fused-ring (bicyclic) bond motifs is 3. The number of rotatable bonds is 5. The van der Waals surface area contributed by atoms with Crippen molar-refractivity contribution in [3.63, 3.8) is 0 Å². The Bertz CT molecular complexity index is 662. The number of benzene rings is 1. The van der Waals surface area contributed by atoms with Crippen molar-refractivity contribution >= 4 is 16.9 Å². The highest BCUT2D eigenvalue weighted by Gasteiger charge is 2.26. The fourth-order valence-electron chi connectivity index (χ4n) is 3.34. The topological polar surface area (TPSA) is 42.1 Å². The van der Waals surface area contributed by atoms with Crippen LogP contribution in [0.4, 0.5) is 4.39 Å². The Hall–Kier alpha value is -1.84. The van der Waals surface area contributed by atoms with Crippen molar-refractivity contribution in [2.24, 2.45) is 0 Å². The Morgan fingerprint density at radius 3 is 3.14 bits per heavy atom. The number of carbonyl (C=O) groups excluding carboxylic acids is 1. The van der Waals surface area contributed by atoms with E-state index in [-0.39, 0.29) is 11.8 Å². The molecule has 112 valence electrons. The van der Waals surface area contributed by atoms with Gasteiger partial charge in [0.15, 0.2) is 0 Å². The van der Waals surface area contributed by atoms with Crippen molar-refractivity contribution in [3.05, 3.63) is 35.3 Å². The minimum atomic E-state index is -0.185. The molecule has 1 aliphatic carbocycles. The molecule has 0 aliphatic heterocycles. The first-order chi connectivity index (χ1) is 10.2.